The van der Waals surface area contributed by atoms with Gasteiger partial charge < -0.3 is 20.9 Å². The van der Waals surface area contributed by atoms with Crippen molar-refractivity contribution in [3.05, 3.63) is 48.6 Å². The van der Waals surface area contributed by atoms with Gasteiger partial charge in [-0.05, 0) is 46.5 Å². The Kier molecular flexibility index (Phi) is 8.14. The average molecular weight is 484 g/mol. The van der Waals surface area contributed by atoms with Crippen molar-refractivity contribution in [3.63, 3.8) is 0 Å². The summed E-state index contributed by atoms with van der Waals surface area (Å²) in [7, 11) is 0. The Morgan fingerprint density at radius 1 is 0.941 bits per heavy atom. The van der Waals surface area contributed by atoms with Crippen LogP contribution in [0.3, 0.4) is 0 Å². The number of alkyl halides is 3. The standard InChI is InChI=1S/C12H17N3O2.C7H9N3.C2HF3O2/c1-11(2,3)17-10(16)15-12(4-5-12)9-6-13-8-14-7-9;8-7(1-2-7)6-3-9-5-10-4-6;3-2(4,5)1(6)7/h6-8H,4-5H2,1-3H3,(H,15,16);3-5H,1-2,8H2;(H,6,7). The Morgan fingerprint density at radius 2 is 1.35 bits per heavy atom. The number of carboxylic acids is 1. The van der Waals surface area contributed by atoms with Crippen LogP contribution in [0, 0.1) is 0 Å². The number of aromatic nitrogens is 4. The number of aliphatic carboxylic acids is 1. The molecular weight excluding hydrogens is 457 g/mol. The largest absolute Gasteiger partial charge is 0.490 e. The summed E-state index contributed by atoms with van der Waals surface area (Å²) in [6.45, 7) is 5.54. The summed E-state index contributed by atoms with van der Waals surface area (Å²) in [5.41, 5.74) is 7.01. The van der Waals surface area contributed by atoms with E-state index in [-0.39, 0.29) is 17.2 Å². The molecule has 2 fully saturated rings. The van der Waals surface area contributed by atoms with Crippen LogP contribution in [0.15, 0.2) is 37.4 Å². The first-order valence-electron chi connectivity index (χ1n) is 10.3. The summed E-state index contributed by atoms with van der Waals surface area (Å²) in [5.74, 6) is -2.76. The van der Waals surface area contributed by atoms with Gasteiger partial charge in [-0.2, -0.15) is 13.2 Å². The van der Waals surface area contributed by atoms with Crippen LogP contribution in [-0.2, 0) is 20.6 Å². The minimum absolute atomic E-state index is 0.0821. The van der Waals surface area contributed by atoms with E-state index in [9.17, 15) is 18.0 Å². The number of carbonyl (C=O) groups is 2. The number of ether oxygens (including phenoxy) is 1. The van der Waals surface area contributed by atoms with Gasteiger partial charge in [0.25, 0.3) is 0 Å². The highest BCUT2D eigenvalue weighted by Crippen LogP contribution is 2.45. The summed E-state index contributed by atoms with van der Waals surface area (Å²) >= 11 is 0. The lowest BCUT2D eigenvalue weighted by Crippen LogP contribution is -2.39. The van der Waals surface area contributed by atoms with Gasteiger partial charge in [0.05, 0.1) is 5.54 Å². The second-order valence-electron chi connectivity index (χ2n) is 8.92. The van der Waals surface area contributed by atoms with E-state index in [1.165, 1.54) is 12.7 Å². The Labute approximate surface area is 194 Å². The number of carboxylic acid groups (broad SMARTS) is 1. The molecule has 186 valence electrons. The topological polar surface area (TPSA) is 153 Å². The SMILES string of the molecule is CC(C)(C)OC(=O)NC1(c2cncnc2)CC1.NC1(c2cncnc2)CC1.O=C(O)C(F)(F)F. The second-order valence-corrected chi connectivity index (χ2v) is 8.92. The van der Waals surface area contributed by atoms with Crippen molar-refractivity contribution in [2.75, 3.05) is 0 Å². The average Bonchev–Trinajstić information content (AvgIpc) is 3.67. The van der Waals surface area contributed by atoms with Crippen molar-refractivity contribution in [2.24, 2.45) is 5.73 Å². The van der Waals surface area contributed by atoms with Gasteiger partial charge >= 0.3 is 18.2 Å². The molecule has 0 aliphatic heterocycles. The van der Waals surface area contributed by atoms with Crippen molar-refractivity contribution in [1.29, 1.82) is 0 Å². The van der Waals surface area contributed by atoms with E-state index >= 15 is 0 Å². The first-order valence-corrected chi connectivity index (χ1v) is 10.3. The lowest BCUT2D eigenvalue weighted by atomic mass is 10.1. The third-order valence-corrected chi connectivity index (χ3v) is 4.77. The van der Waals surface area contributed by atoms with Crippen LogP contribution >= 0.6 is 0 Å². The van der Waals surface area contributed by atoms with E-state index in [0.717, 1.165) is 36.8 Å². The van der Waals surface area contributed by atoms with Crippen molar-refractivity contribution >= 4 is 12.1 Å². The maximum Gasteiger partial charge on any atom is 0.490 e. The molecule has 0 unspecified atom stereocenters. The molecule has 4 N–H and O–H groups in total. The molecule has 0 atom stereocenters. The number of nitrogens with zero attached hydrogens (tertiary/aromatic N) is 4. The van der Waals surface area contributed by atoms with E-state index in [0.29, 0.717) is 0 Å². The van der Waals surface area contributed by atoms with E-state index < -0.39 is 17.7 Å². The zero-order chi connectivity index (χ0) is 25.6. The summed E-state index contributed by atoms with van der Waals surface area (Å²) in [4.78, 5) is 36.3. The molecule has 4 rings (SSSR count). The second kappa shape index (κ2) is 10.3. The lowest BCUT2D eigenvalue weighted by molar-refractivity contribution is -0.192. The van der Waals surface area contributed by atoms with E-state index in [1.54, 1.807) is 24.8 Å². The molecule has 0 bridgehead atoms. The van der Waals surface area contributed by atoms with Crippen molar-refractivity contribution < 1.29 is 32.6 Å². The minimum Gasteiger partial charge on any atom is -0.475 e. The number of amides is 1. The maximum absolute atomic E-state index is 11.7. The number of nitrogens with one attached hydrogen (secondary N) is 1. The molecule has 0 radical (unpaired) electrons. The molecule has 2 aromatic heterocycles. The van der Waals surface area contributed by atoms with Crippen molar-refractivity contribution in [1.82, 2.24) is 25.3 Å². The molecule has 34 heavy (non-hydrogen) atoms. The fourth-order valence-electron chi connectivity index (χ4n) is 2.64. The van der Waals surface area contributed by atoms with Crippen LogP contribution in [-0.4, -0.2) is 48.9 Å². The fourth-order valence-corrected chi connectivity index (χ4v) is 2.64. The molecule has 0 aromatic carbocycles. The number of halogens is 3. The number of nitrogens with two attached hydrogens (primary N) is 1. The molecule has 13 heteroatoms. The van der Waals surface area contributed by atoms with Crippen LogP contribution < -0.4 is 11.1 Å². The van der Waals surface area contributed by atoms with Gasteiger partial charge in [0.2, 0.25) is 0 Å². The number of carbonyl (C=O) groups excluding carboxylic acids is 1. The monoisotopic (exact) mass is 484 g/mol. The molecule has 2 aliphatic carbocycles. The highest BCUT2D eigenvalue weighted by atomic mass is 19.4. The van der Waals surface area contributed by atoms with Gasteiger partial charge in [0.15, 0.2) is 0 Å². The Balaban J connectivity index is 0.000000203. The third-order valence-electron chi connectivity index (χ3n) is 4.77. The molecule has 2 saturated carbocycles. The number of hydrogen-bond donors (Lipinski definition) is 3. The molecule has 1 amide bonds. The molecule has 10 nitrogen and oxygen atoms in total. The predicted octanol–water partition coefficient (Wildman–Crippen LogP) is 3.05. The number of rotatable bonds is 3. The van der Waals surface area contributed by atoms with Gasteiger partial charge in [-0.1, -0.05) is 0 Å². The summed E-state index contributed by atoms with van der Waals surface area (Å²) < 4.78 is 37.0. The molecule has 0 saturated heterocycles. The molecule has 2 aliphatic rings. The fraction of sp³-hybridized carbons (Fsp3) is 0.524. The highest BCUT2D eigenvalue weighted by Gasteiger charge is 2.47. The Morgan fingerprint density at radius 3 is 1.68 bits per heavy atom. The van der Waals surface area contributed by atoms with Gasteiger partial charge in [0, 0.05) is 41.5 Å². The highest BCUT2D eigenvalue weighted by molar-refractivity contribution is 5.73. The predicted molar refractivity (Wildman–Crippen MR) is 113 cm³/mol. The number of hydrogen-bond acceptors (Lipinski definition) is 8. The lowest BCUT2D eigenvalue weighted by Gasteiger charge is -2.23. The first kappa shape index (κ1) is 26.9. The van der Waals surface area contributed by atoms with E-state index in [1.807, 2.05) is 20.8 Å². The van der Waals surface area contributed by atoms with Crippen molar-refractivity contribution in [2.45, 2.75) is 69.3 Å². The molecule has 2 heterocycles. The summed E-state index contributed by atoms with van der Waals surface area (Å²) in [6.07, 6.45) is 8.52. The third kappa shape index (κ3) is 8.54. The maximum atomic E-state index is 11.7. The van der Waals surface area contributed by atoms with Gasteiger partial charge in [0.1, 0.15) is 18.3 Å². The Hall–Kier alpha value is -3.35. The van der Waals surface area contributed by atoms with Gasteiger partial charge in [-0.3, -0.25) is 0 Å². The zero-order valence-electron chi connectivity index (χ0n) is 19.0. The summed E-state index contributed by atoms with van der Waals surface area (Å²) in [6, 6.07) is 0. The normalized spacial score (nSPS) is 17.0. The van der Waals surface area contributed by atoms with E-state index in [2.05, 4.69) is 25.3 Å². The molecule has 2 aromatic rings. The van der Waals surface area contributed by atoms with Crippen LogP contribution in [0.5, 0.6) is 0 Å². The van der Waals surface area contributed by atoms with E-state index in [4.69, 9.17) is 20.4 Å². The van der Waals surface area contributed by atoms with Crippen LogP contribution in [0.4, 0.5) is 18.0 Å². The van der Waals surface area contributed by atoms with Crippen LogP contribution in [0.2, 0.25) is 0 Å². The molecule has 0 spiro atoms. The van der Waals surface area contributed by atoms with Gasteiger partial charge in [-0.15, -0.1) is 0 Å². The van der Waals surface area contributed by atoms with Crippen LogP contribution in [0.25, 0.3) is 0 Å². The van der Waals surface area contributed by atoms with Crippen molar-refractivity contribution in [3.8, 4) is 0 Å². The quantitative estimate of drug-likeness (QED) is 0.596. The first-order chi connectivity index (χ1) is 15.7. The minimum atomic E-state index is -5.08. The smallest absolute Gasteiger partial charge is 0.475 e. The zero-order valence-corrected chi connectivity index (χ0v) is 19.0. The van der Waals surface area contributed by atoms with Crippen LogP contribution in [0.1, 0.15) is 57.6 Å². The molecular formula is C21H27F3N6O4. The van der Waals surface area contributed by atoms with Gasteiger partial charge in [-0.25, -0.2) is 29.5 Å². The summed E-state index contributed by atoms with van der Waals surface area (Å²) in [5, 5.41) is 10.0. The Bertz CT molecular complexity index is 960. The number of alkyl carbamates (subject to hydrolysis) is 1.